The Bertz CT molecular complexity index is 1140. The number of halogens is 2. The van der Waals surface area contributed by atoms with Crippen LogP contribution in [0.25, 0.3) is 0 Å². The molecule has 0 spiro atoms. The number of ether oxygens (including phenoxy) is 2. The van der Waals surface area contributed by atoms with Crippen LogP contribution < -0.4 is 19.7 Å². The van der Waals surface area contributed by atoms with Gasteiger partial charge in [-0.2, -0.15) is 5.11 Å². The second-order valence-corrected chi connectivity index (χ2v) is 7.32. The molecule has 166 valence electrons. The van der Waals surface area contributed by atoms with E-state index in [1.807, 2.05) is 0 Å². The van der Waals surface area contributed by atoms with Gasteiger partial charge in [0.05, 0.1) is 30.6 Å². The molecular weight excluding hydrogens is 445 g/mol. The summed E-state index contributed by atoms with van der Waals surface area (Å²) < 4.78 is 23.9. The van der Waals surface area contributed by atoms with Crippen molar-refractivity contribution in [1.29, 1.82) is 0 Å². The number of carbonyl (C=O) groups excluding carboxylic acids is 3. The molecule has 32 heavy (non-hydrogen) atoms. The second-order valence-electron chi connectivity index (χ2n) is 6.92. The highest BCUT2D eigenvalue weighted by Crippen LogP contribution is 2.34. The predicted octanol–water partition coefficient (Wildman–Crippen LogP) is 2.43. The van der Waals surface area contributed by atoms with E-state index in [2.05, 4.69) is 15.7 Å². The maximum Gasteiger partial charge on any atom is 0.263 e. The Morgan fingerprint density at radius 1 is 1.16 bits per heavy atom. The first-order valence-electron chi connectivity index (χ1n) is 9.36. The number of methoxy groups -OCH3 is 2. The normalized spacial score (nSPS) is 19.4. The third kappa shape index (κ3) is 3.71. The Morgan fingerprint density at radius 3 is 2.62 bits per heavy atom. The number of fused-ring (bicyclic) bond motifs is 1. The summed E-state index contributed by atoms with van der Waals surface area (Å²) >= 11 is 5.78. The molecule has 12 heteroatoms. The summed E-state index contributed by atoms with van der Waals surface area (Å²) in [4.78, 5) is 39.2. The van der Waals surface area contributed by atoms with E-state index in [4.69, 9.17) is 21.1 Å². The van der Waals surface area contributed by atoms with Gasteiger partial charge in [0.1, 0.15) is 23.9 Å². The molecule has 2 aromatic rings. The molecule has 1 saturated heterocycles. The number of anilines is 2. The van der Waals surface area contributed by atoms with Crippen molar-refractivity contribution in [3.05, 3.63) is 47.2 Å². The zero-order valence-corrected chi connectivity index (χ0v) is 17.7. The number of hydrogen-bond donors (Lipinski definition) is 1. The Labute approximate surface area is 186 Å². The predicted molar refractivity (Wildman–Crippen MR) is 111 cm³/mol. The lowest BCUT2D eigenvalue weighted by atomic mass is 10.1. The van der Waals surface area contributed by atoms with Crippen molar-refractivity contribution in [2.45, 2.75) is 12.1 Å². The number of hydrogen-bond acceptors (Lipinski definition) is 8. The summed E-state index contributed by atoms with van der Waals surface area (Å²) in [5.41, 5.74) is 0.474. The van der Waals surface area contributed by atoms with Gasteiger partial charge >= 0.3 is 0 Å². The zero-order chi connectivity index (χ0) is 23.0. The third-order valence-corrected chi connectivity index (χ3v) is 5.30. The SMILES string of the molecule is COc1ccc(OC)c(NC(=O)CN2N=N[C@H]3C(=O)N(c4ccc(F)c(Cl)c4)C(=O)[C@@H]32)c1. The minimum absolute atomic E-state index is 0.113. The molecule has 0 aromatic heterocycles. The van der Waals surface area contributed by atoms with Gasteiger partial charge < -0.3 is 14.8 Å². The van der Waals surface area contributed by atoms with E-state index in [0.29, 0.717) is 17.2 Å². The highest BCUT2D eigenvalue weighted by Gasteiger charge is 2.55. The fraction of sp³-hybridized carbons (Fsp3) is 0.250. The number of amides is 3. The summed E-state index contributed by atoms with van der Waals surface area (Å²) in [5, 5.41) is 11.3. The van der Waals surface area contributed by atoms with Crippen molar-refractivity contribution >= 4 is 40.7 Å². The second kappa shape index (κ2) is 8.42. The molecule has 2 aliphatic rings. The monoisotopic (exact) mass is 461 g/mol. The summed E-state index contributed by atoms with van der Waals surface area (Å²) in [6, 6.07) is 6.18. The fourth-order valence-electron chi connectivity index (χ4n) is 3.48. The zero-order valence-electron chi connectivity index (χ0n) is 16.9. The molecule has 3 amide bonds. The molecule has 1 N–H and O–H groups in total. The molecule has 2 aromatic carbocycles. The minimum atomic E-state index is -1.11. The lowest BCUT2D eigenvalue weighted by molar-refractivity contribution is -0.123. The number of imide groups is 1. The van der Waals surface area contributed by atoms with Crippen LogP contribution in [0.5, 0.6) is 11.5 Å². The molecular formula is C20H17ClFN5O5. The highest BCUT2D eigenvalue weighted by atomic mass is 35.5. The van der Waals surface area contributed by atoms with Gasteiger partial charge in [-0.05, 0) is 30.3 Å². The van der Waals surface area contributed by atoms with Crippen molar-refractivity contribution in [3.63, 3.8) is 0 Å². The minimum Gasteiger partial charge on any atom is -0.497 e. The van der Waals surface area contributed by atoms with Crippen LogP contribution in [-0.4, -0.2) is 55.6 Å². The summed E-state index contributed by atoms with van der Waals surface area (Å²) in [6.45, 7) is -0.345. The molecule has 4 rings (SSSR count). The van der Waals surface area contributed by atoms with Gasteiger partial charge in [0.15, 0.2) is 12.1 Å². The molecule has 1 fully saturated rings. The topological polar surface area (TPSA) is 113 Å². The number of carbonyl (C=O) groups is 3. The van der Waals surface area contributed by atoms with Gasteiger partial charge in [0.2, 0.25) is 5.91 Å². The van der Waals surface area contributed by atoms with Crippen LogP contribution in [0.1, 0.15) is 0 Å². The first-order valence-corrected chi connectivity index (χ1v) is 9.74. The van der Waals surface area contributed by atoms with Crippen LogP contribution in [-0.2, 0) is 14.4 Å². The molecule has 0 aliphatic carbocycles. The Kier molecular flexibility index (Phi) is 5.66. The molecule has 2 aliphatic heterocycles. The molecule has 0 unspecified atom stereocenters. The van der Waals surface area contributed by atoms with Crippen molar-refractivity contribution in [3.8, 4) is 11.5 Å². The van der Waals surface area contributed by atoms with Crippen LogP contribution in [0, 0.1) is 5.82 Å². The van der Waals surface area contributed by atoms with E-state index in [1.54, 1.807) is 18.2 Å². The van der Waals surface area contributed by atoms with Crippen molar-refractivity contribution in [1.82, 2.24) is 5.01 Å². The van der Waals surface area contributed by atoms with Gasteiger partial charge in [-0.25, -0.2) is 9.29 Å². The molecule has 2 heterocycles. The van der Waals surface area contributed by atoms with Crippen molar-refractivity contribution < 1.29 is 28.2 Å². The van der Waals surface area contributed by atoms with Gasteiger partial charge in [-0.15, -0.1) is 0 Å². The number of rotatable bonds is 6. The number of nitrogens with zero attached hydrogens (tertiary/aromatic N) is 4. The van der Waals surface area contributed by atoms with Crippen LogP contribution >= 0.6 is 11.6 Å². The maximum absolute atomic E-state index is 13.5. The van der Waals surface area contributed by atoms with Crippen LogP contribution in [0.2, 0.25) is 5.02 Å². The van der Waals surface area contributed by atoms with E-state index in [-0.39, 0.29) is 17.3 Å². The van der Waals surface area contributed by atoms with Gasteiger partial charge in [-0.1, -0.05) is 16.8 Å². The average Bonchev–Trinajstić information content (AvgIpc) is 3.29. The highest BCUT2D eigenvalue weighted by molar-refractivity contribution is 6.32. The maximum atomic E-state index is 13.5. The smallest absolute Gasteiger partial charge is 0.263 e. The third-order valence-electron chi connectivity index (χ3n) is 5.01. The Hall–Kier alpha value is -3.73. The molecule has 2 atom stereocenters. The van der Waals surface area contributed by atoms with E-state index in [9.17, 15) is 18.8 Å². The first kappa shape index (κ1) is 21.5. The van der Waals surface area contributed by atoms with Crippen molar-refractivity contribution in [2.24, 2.45) is 10.3 Å². The summed E-state index contributed by atoms with van der Waals surface area (Å²) in [6.07, 6.45) is 0. The number of benzene rings is 2. The van der Waals surface area contributed by atoms with Gasteiger partial charge in [-0.3, -0.25) is 19.4 Å². The van der Waals surface area contributed by atoms with Crippen LogP contribution in [0.15, 0.2) is 46.7 Å². The van der Waals surface area contributed by atoms with E-state index in [0.717, 1.165) is 16.0 Å². The lowest BCUT2D eigenvalue weighted by Gasteiger charge is -2.20. The lowest BCUT2D eigenvalue weighted by Crippen LogP contribution is -2.43. The van der Waals surface area contributed by atoms with E-state index in [1.165, 1.54) is 26.4 Å². The standard InChI is InChI=1S/C20H17ClFN5O5/c1-31-11-4-6-15(32-2)14(8-11)23-16(28)9-26-18-17(24-25-26)19(29)27(20(18)30)10-3-5-13(22)12(21)7-10/h3-8,17-18H,9H2,1-2H3,(H,23,28)/t17-,18-/m1/s1. The largest absolute Gasteiger partial charge is 0.497 e. The molecule has 10 nitrogen and oxygen atoms in total. The summed E-state index contributed by atoms with van der Waals surface area (Å²) in [7, 11) is 2.94. The summed E-state index contributed by atoms with van der Waals surface area (Å²) in [5.74, 6) is -1.55. The molecule has 0 saturated carbocycles. The Balaban J connectivity index is 1.50. The van der Waals surface area contributed by atoms with E-state index < -0.39 is 35.6 Å². The quantitative estimate of drug-likeness (QED) is 0.661. The average molecular weight is 462 g/mol. The molecule has 0 radical (unpaired) electrons. The van der Waals surface area contributed by atoms with Crippen LogP contribution in [0.4, 0.5) is 15.8 Å². The van der Waals surface area contributed by atoms with Crippen LogP contribution in [0.3, 0.4) is 0 Å². The first-order chi connectivity index (χ1) is 15.3. The number of nitrogens with one attached hydrogen (secondary N) is 1. The van der Waals surface area contributed by atoms with Gasteiger partial charge in [0, 0.05) is 6.07 Å². The van der Waals surface area contributed by atoms with Crippen molar-refractivity contribution in [2.75, 3.05) is 31.0 Å². The van der Waals surface area contributed by atoms with E-state index >= 15 is 0 Å². The van der Waals surface area contributed by atoms with Gasteiger partial charge in [0.25, 0.3) is 11.8 Å². The Morgan fingerprint density at radius 2 is 1.94 bits per heavy atom. The molecule has 0 bridgehead atoms. The fourth-order valence-corrected chi connectivity index (χ4v) is 3.66.